The van der Waals surface area contributed by atoms with Crippen molar-refractivity contribution in [2.24, 2.45) is 0 Å². The van der Waals surface area contributed by atoms with Crippen molar-refractivity contribution < 1.29 is 22.7 Å². The van der Waals surface area contributed by atoms with E-state index in [1.807, 2.05) is 0 Å². The van der Waals surface area contributed by atoms with Crippen LogP contribution in [0.25, 0.3) is 0 Å². The van der Waals surface area contributed by atoms with Gasteiger partial charge in [0.05, 0.1) is 0 Å². The largest absolute Gasteiger partial charge is 0.481 e. The highest BCUT2D eigenvalue weighted by Crippen LogP contribution is 2.23. The first kappa shape index (κ1) is 17.0. The molecule has 0 radical (unpaired) electrons. The summed E-state index contributed by atoms with van der Waals surface area (Å²) < 4.78 is 37.2. The summed E-state index contributed by atoms with van der Waals surface area (Å²) in [5, 5.41) is 0. The molecule has 3 heterocycles. The number of nitrogens with zero attached hydrogens (tertiary/aromatic N) is 3. The van der Waals surface area contributed by atoms with Crippen molar-refractivity contribution in [2.45, 2.75) is 25.5 Å². The predicted octanol–water partition coefficient (Wildman–Crippen LogP) is 2.45. The minimum absolute atomic E-state index is 0.136. The molecule has 0 saturated carbocycles. The van der Waals surface area contributed by atoms with Crippen molar-refractivity contribution in [3.63, 3.8) is 0 Å². The molecule has 8 heteroatoms. The Morgan fingerprint density at radius 1 is 1.31 bits per heavy atom. The summed E-state index contributed by atoms with van der Waals surface area (Å²) in [6.45, 7) is 3.16. The molecule has 138 valence electrons. The zero-order valence-electron chi connectivity index (χ0n) is 14.2. The van der Waals surface area contributed by atoms with Gasteiger partial charge in [0.1, 0.15) is 6.26 Å². The van der Waals surface area contributed by atoms with Gasteiger partial charge in [0.25, 0.3) is 5.91 Å². The second kappa shape index (κ2) is 7.03. The molecule has 2 fully saturated rings. The van der Waals surface area contributed by atoms with E-state index >= 15 is 0 Å². The number of benzene rings is 1. The van der Waals surface area contributed by atoms with E-state index in [1.54, 1.807) is 4.90 Å². The van der Waals surface area contributed by atoms with Crippen molar-refractivity contribution in [1.82, 2.24) is 14.8 Å². The molecule has 0 N–H and O–H groups in total. The lowest BCUT2D eigenvalue weighted by Gasteiger charge is -2.37. The Hall–Kier alpha value is -2.48. The Morgan fingerprint density at radius 3 is 3.08 bits per heavy atom. The minimum Gasteiger partial charge on any atom is -0.481 e. The molecule has 0 aliphatic carbocycles. The van der Waals surface area contributed by atoms with Crippen molar-refractivity contribution in [2.75, 3.05) is 26.2 Å². The number of oxazole rings is 1. The molecule has 1 aromatic carbocycles. The number of carbonyl (C=O) groups is 1. The van der Waals surface area contributed by atoms with E-state index in [9.17, 15) is 13.6 Å². The van der Waals surface area contributed by atoms with Crippen molar-refractivity contribution >= 4 is 5.91 Å². The fourth-order valence-electron chi connectivity index (χ4n) is 3.55. The van der Waals surface area contributed by atoms with Crippen LogP contribution in [-0.4, -0.2) is 52.9 Å². The highest BCUT2D eigenvalue weighted by Gasteiger charge is 2.33. The van der Waals surface area contributed by atoms with Gasteiger partial charge in [0.2, 0.25) is 11.7 Å². The number of ether oxygens (including phenoxy) is 1. The summed E-state index contributed by atoms with van der Waals surface area (Å²) in [5.74, 6) is -2.32. The molecule has 2 aliphatic rings. The summed E-state index contributed by atoms with van der Waals surface area (Å²) in [7, 11) is 0. The van der Waals surface area contributed by atoms with E-state index in [1.165, 1.54) is 24.8 Å². The Labute approximate surface area is 149 Å². The molecule has 2 aromatic rings. The van der Waals surface area contributed by atoms with Crippen molar-refractivity contribution in [3.05, 3.63) is 47.7 Å². The van der Waals surface area contributed by atoms with E-state index in [0.29, 0.717) is 19.1 Å². The molecule has 0 bridgehead atoms. The average molecular weight is 363 g/mol. The first-order valence-corrected chi connectivity index (χ1v) is 8.66. The third-order valence-corrected chi connectivity index (χ3v) is 4.91. The lowest BCUT2D eigenvalue weighted by atomic mass is 10.1. The molecule has 2 aliphatic heterocycles. The Balaban J connectivity index is 1.38. The molecular weight excluding hydrogens is 344 g/mol. The highest BCUT2D eigenvalue weighted by atomic mass is 19.2. The van der Waals surface area contributed by atoms with E-state index < -0.39 is 11.6 Å². The van der Waals surface area contributed by atoms with Crippen LogP contribution in [0.1, 0.15) is 29.2 Å². The smallest absolute Gasteiger partial charge is 0.275 e. The normalized spacial score (nSPS) is 20.2. The van der Waals surface area contributed by atoms with E-state index in [2.05, 4.69) is 9.88 Å². The molecule has 6 nitrogen and oxygen atoms in total. The quantitative estimate of drug-likeness (QED) is 0.835. The SMILES string of the molecule is O=C(c1coc(COc2cccc(F)c2F)n1)N1CCN2CCCC2C1. The van der Waals surface area contributed by atoms with Gasteiger partial charge in [-0.25, -0.2) is 9.37 Å². The molecule has 0 spiro atoms. The number of amides is 1. The maximum absolute atomic E-state index is 13.6. The fraction of sp³-hybridized carbons (Fsp3) is 0.444. The Bertz CT molecular complexity index is 811. The summed E-state index contributed by atoms with van der Waals surface area (Å²) in [6, 6.07) is 4.10. The number of halogens is 2. The van der Waals surface area contributed by atoms with E-state index in [-0.39, 0.29) is 29.8 Å². The second-order valence-electron chi connectivity index (χ2n) is 6.55. The zero-order chi connectivity index (χ0) is 18.1. The van der Waals surface area contributed by atoms with Gasteiger partial charge in [-0.15, -0.1) is 0 Å². The molecular formula is C18H19F2N3O3. The third-order valence-electron chi connectivity index (χ3n) is 4.91. The molecule has 4 rings (SSSR count). The monoisotopic (exact) mass is 363 g/mol. The highest BCUT2D eigenvalue weighted by molar-refractivity contribution is 5.92. The van der Waals surface area contributed by atoms with Crippen molar-refractivity contribution in [3.8, 4) is 5.75 Å². The molecule has 1 amide bonds. The van der Waals surface area contributed by atoms with Gasteiger partial charge in [-0.1, -0.05) is 6.07 Å². The number of aromatic nitrogens is 1. The second-order valence-corrected chi connectivity index (χ2v) is 6.55. The van der Waals surface area contributed by atoms with Crippen LogP contribution in [0.5, 0.6) is 5.75 Å². The maximum Gasteiger partial charge on any atom is 0.275 e. The van der Waals surface area contributed by atoms with Crippen LogP contribution in [0, 0.1) is 11.6 Å². The predicted molar refractivity (Wildman–Crippen MR) is 87.7 cm³/mol. The summed E-state index contributed by atoms with van der Waals surface area (Å²) in [6.07, 6.45) is 3.57. The van der Waals surface area contributed by atoms with Crippen molar-refractivity contribution in [1.29, 1.82) is 0 Å². The van der Waals surface area contributed by atoms with Crippen LogP contribution in [0.3, 0.4) is 0 Å². The van der Waals surface area contributed by atoms with E-state index in [0.717, 1.165) is 25.6 Å². The molecule has 1 atom stereocenters. The topological polar surface area (TPSA) is 58.8 Å². The first-order chi connectivity index (χ1) is 12.6. The summed E-state index contributed by atoms with van der Waals surface area (Å²) in [5.41, 5.74) is 0.203. The Morgan fingerprint density at radius 2 is 2.19 bits per heavy atom. The van der Waals surface area contributed by atoms with Gasteiger partial charge < -0.3 is 14.1 Å². The summed E-state index contributed by atoms with van der Waals surface area (Å²) >= 11 is 0. The van der Waals surface area contributed by atoms with Crippen LogP contribution in [-0.2, 0) is 6.61 Å². The molecule has 1 unspecified atom stereocenters. The van der Waals surface area contributed by atoms with Gasteiger partial charge in [0, 0.05) is 25.7 Å². The van der Waals surface area contributed by atoms with E-state index in [4.69, 9.17) is 9.15 Å². The fourth-order valence-corrected chi connectivity index (χ4v) is 3.55. The van der Waals surface area contributed by atoms with Crippen LogP contribution in [0.4, 0.5) is 8.78 Å². The van der Waals surface area contributed by atoms with Gasteiger partial charge in [-0.3, -0.25) is 9.69 Å². The molecule has 2 saturated heterocycles. The molecule has 26 heavy (non-hydrogen) atoms. The average Bonchev–Trinajstić information content (AvgIpc) is 3.30. The standard InChI is InChI=1S/C18H19F2N3O3/c19-13-4-1-5-15(17(13)20)25-11-16-21-14(10-26-16)18(24)23-8-7-22-6-2-3-12(22)9-23/h1,4-5,10,12H,2-3,6-9,11H2. The summed E-state index contributed by atoms with van der Waals surface area (Å²) in [4.78, 5) is 20.9. The van der Waals surface area contributed by atoms with Gasteiger partial charge in [-0.05, 0) is 31.5 Å². The number of hydrogen-bond donors (Lipinski definition) is 0. The number of fused-ring (bicyclic) bond motifs is 1. The Kier molecular flexibility index (Phi) is 4.58. The minimum atomic E-state index is -1.07. The van der Waals surface area contributed by atoms with Gasteiger partial charge in [-0.2, -0.15) is 4.39 Å². The lowest BCUT2D eigenvalue weighted by Crippen LogP contribution is -2.52. The van der Waals surface area contributed by atoms with Crippen LogP contribution in [0.2, 0.25) is 0 Å². The number of hydrogen-bond acceptors (Lipinski definition) is 5. The van der Waals surface area contributed by atoms with Crippen LogP contribution >= 0.6 is 0 Å². The number of rotatable bonds is 4. The number of carbonyl (C=O) groups excluding carboxylic acids is 1. The van der Waals surface area contributed by atoms with Gasteiger partial charge >= 0.3 is 0 Å². The third kappa shape index (κ3) is 3.29. The van der Waals surface area contributed by atoms with Gasteiger partial charge in [0.15, 0.2) is 23.9 Å². The maximum atomic E-state index is 13.6. The first-order valence-electron chi connectivity index (χ1n) is 8.66. The number of piperazine rings is 1. The lowest BCUT2D eigenvalue weighted by molar-refractivity contribution is 0.0565. The van der Waals surface area contributed by atoms with Crippen LogP contribution in [0.15, 0.2) is 28.9 Å². The zero-order valence-corrected chi connectivity index (χ0v) is 14.2. The van der Waals surface area contributed by atoms with Crippen LogP contribution < -0.4 is 4.74 Å². The molecule has 1 aromatic heterocycles.